The Morgan fingerprint density at radius 3 is 2.75 bits per heavy atom. The van der Waals surface area contributed by atoms with Crippen molar-refractivity contribution in [2.75, 3.05) is 12.4 Å². The van der Waals surface area contributed by atoms with Crippen LogP contribution in [0.15, 0.2) is 0 Å². The normalized spacial score (nSPS) is 38.2. The van der Waals surface area contributed by atoms with Gasteiger partial charge in [0.05, 0.1) is 12.7 Å². The number of thiol groups is 1. The van der Waals surface area contributed by atoms with Gasteiger partial charge in [-0.05, 0) is 6.92 Å². The molecule has 1 rings (SSSR count). The van der Waals surface area contributed by atoms with E-state index in [1.165, 1.54) is 0 Å². The molecule has 0 aromatic carbocycles. The van der Waals surface area contributed by atoms with Crippen LogP contribution in [0.5, 0.6) is 0 Å². The lowest BCUT2D eigenvalue weighted by Gasteiger charge is -2.03. The van der Waals surface area contributed by atoms with E-state index in [9.17, 15) is 0 Å². The third-order valence-corrected chi connectivity index (χ3v) is 1.35. The molecule has 1 aliphatic rings. The average molecular weight is 134 g/mol. The zero-order valence-electron chi connectivity index (χ0n) is 4.83. The van der Waals surface area contributed by atoms with Gasteiger partial charge >= 0.3 is 0 Å². The predicted octanol–water partition coefficient (Wildman–Crippen LogP) is 0.678. The van der Waals surface area contributed by atoms with Gasteiger partial charge in [-0.3, -0.25) is 0 Å². The fourth-order valence-electron chi connectivity index (χ4n) is 0.676. The fraction of sp³-hybridized carbons (Fsp3) is 1.00. The van der Waals surface area contributed by atoms with Crippen molar-refractivity contribution in [3.63, 3.8) is 0 Å². The van der Waals surface area contributed by atoms with Crippen molar-refractivity contribution in [1.29, 1.82) is 0 Å². The summed E-state index contributed by atoms with van der Waals surface area (Å²) >= 11 is 4.01. The molecule has 0 bridgehead atoms. The van der Waals surface area contributed by atoms with E-state index in [1.807, 2.05) is 6.92 Å². The summed E-state index contributed by atoms with van der Waals surface area (Å²) in [7, 11) is 0. The summed E-state index contributed by atoms with van der Waals surface area (Å²) in [6.07, 6.45) is 0.195. The van der Waals surface area contributed by atoms with Crippen molar-refractivity contribution in [2.45, 2.75) is 19.3 Å². The van der Waals surface area contributed by atoms with Gasteiger partial charge in [0.1, 0.15) is 0 Å². The third kappa shape index (κ3) is 1.37. The summed E-state index contributed by atoms with van der Waals surface area (Å²) in [5, 5.41) is 0. The summed E-state index contributed by atoms with van der Waals surface area (Å²) in [5.74, 6) is 0.657. The molecule has 0 unspecified atom stereocenters. The van der Waals surface area contributed by atoms with E-state index in [2.05, 4.69) is 12.6 Å². The highest BCUT2D eigenvalue weighted by molar-refractivity contribution is 7.80. The molecule has 0 aliphatic carbocycles. The molecule has 2 nitrogen and oxygen atoms in total. The van der Waals surface area contributed by atoms with E-state index >= 15 is 0 Å². The number of hydrogen-bond donors (Lipinski definition) is 1. The Bertz CT molecular complexity index is 76.8. The second-order valence-electron chi connectivity index (χ2n) is 1.89. The molecule has 0 amide bonds. The fourth-order valence-corrected chi connectivity index (χ4v) is 0.868. The lowest BCUT2D eigenvalue weighted by molar-refractivity contribution is -0.0348. The number of rotatable bonds is 1. The summed E-state index contributed by atoms with van der Waals surface area (Å²) in [6, 6.07) is 0. The van der Waals surface area contributed by atoms with Gasteiger partial charge in [0.15, 0.2) is 6.29 Å². The molecule has 1 heterocycles. The quantitative estimate of drug-likeness (QED) is 0.531. The molecule has 0 radical (unpaired) electrons. The molecule has 0 spiro atoms. The summed E-state index contributed by atoms with van der Waals surface area (Å²) in [6.45, 7) is 2.70. The molecule has 2 atom stereocenters. The van der Waals surface area contributed by atoms with E-state index < -0.39 is 0 Å². The molecular weight excluding hydrogens is 124 g/mol. The van der Waals surface area contributed by atoms with Gasteiger partial charge in [-0.15, -0.1) is 0 Å². The highest BCUT2D eigenvalue weighted by atomic mass is 32.1. The summed E-state index contributed by atoms with van der Waals surface area (Å²) < 4.78 is 10.3. The van der Waals surface area contributed by atoms with Crippen LogP contribution in [0.2, 0.25) is 0 Å². The first-order valence-corrected chi connectivity index (χ1v) is 3.34. The number of ether oxygens (including phenoxy) is 2. The van der Waals surface area contributed by atoms with Crippen molar-refractivity contribution in [2.24, 2.45) is 0 Å². The Balaban J connectivity index is 2.22. The van der Waals surface area contributed by atoms with Crippen molar-refractivity contribution in [1.82, 2.24) is 0 Å². The second-order valence-corrected chi connectivity index (χ2v) is 2.26. The maximum atomic E-state index is 5.21. The van der Waals surface area contributed by atoms with E-state index in [-0.39, 0.29) is 12.4 Å². The first-order valence-electron chi connectivity index (χ1n) is 2.71. The second kappa shape index (κ2) is 2.71. The lowest BCUT2D eigenvalue weighted by Crippen LogP contribution is -2.10. The largest absolute Gasteiger partial charge is 0.349 e. The molecule has 1 aliphatic heterocycles. The Morgan fingerprint density at radius 1 is 1.75 bits per heavy atom. The Kier molecular flexibility index (Phi) is 2.16. The van der Waals surface area contributed by atoms with Crippen molar-refractivity contribution < 1.29 is 9.47 Å². The van der Waals surface area contributed by atoms with Gasteiger partial charge < -0.3 is 9.47 Å². The van der Waals surface area contributed by atoms with Crippen LogP contribution < -0.4 is 0 Å². The van der Waals surface area contributed by atoms with Crippen LogP contribution in [0.4, 0.5) is 0 Å². The van der Waals surface area contributed by atoms with Crippen molar-refractivity contribution >= 4 is 12.6 Å². The van der Waals surface area contributed by atoms with E-state index in [0.717, 1.165) is 0 Å². The molecule has 8 heavy (non-hydrogen) atoms. The highest BCUT2D eigenvalue weighted by Gasteiger charge is 2.19. The minimum Gasteiger partial charge on any atom is -0.349 e. The maximum absolute atomic E-state index is 5.21. The van der Waals surface area contributed by atoms with Crippen LogP contribution in [0.25, 0.3) is 0 Å². The Labute approximate surface area is 54.6 Å². The smallest absolute Gasteiger partial charge is 0.166 e. The summed E-state index contributed by atoms with van der Waals surface area (Å²) in [4.78, 5) is 0. The lowest BCUT2D eigenvalue weighted by atomic mass is 10.5. The van der Waals surface area contributed by atoms with Gasteiger partial charge in [0.2, 0.25) is 0 Å². The topological polar surface area (TPSA) is 18.5 Å². The molecule has 1 fully saturated rings. The van der Waals surface area contributed by atoms with Crippen LogP contribution in [0, 0.1) is 0 Å². The number of hydrogen-bond acceptors (Lipinski definition) is 3. The first kappa shape index (κ1) is 6.39. The molecule has 3 heteroatoms. The SMILES string of the molecule is C[C@H]1CO[C@H](CS)O1. The molecule has 1 saturated heterocycles. The predicted molar refractivity (Wildman–Crippen MR) is 34.1 cm³/mol. The molecule has 48 valence electrons. The highest BCUT2D eigenvalue weighted by Crippen LogP contribution is 2.10. The Hall–Kier alpha value is 0.270. The van der Waals surface area contributed by atoms with Crippen LogP contribution >= 0.6 is 12.6 Å². The minimum absolute atomic E-state index is 0.0617. The van der Waals surface area contributed by atoms with Crippen molar-refractivity contribution in [3.8, 4) is 0 Å². The standard InChI is InChI=1S/C5H10O2S/c1-4-2-6-5(3-8)7-4/h4-5,8H,2-3H2,1H3/t4-,5-/m0/s1. The van der Waals surface area contributed by atoms with Crippen LogP contribution in [-0.4, -0.2) is 24.8 Å². The van der Waals surface area contributed by atoms with E-state index in [0.29, 0.717) is 12.4 Å². The molecular formula is C5H10O2S. The van der Waals surface area contributed by atoms with Gasteiger partial charge in [0, 0.05) is 5.75 Å². The summed E-state index contributed by atoms with van der Waals surface area (Å²) in [5.41, 5.74) is 0. The first-order chi connectivity index (χ1) is 3.83. The van der Waals surface area contributed by atoms with Gasteiger partial charge in [-0.2, -0.15) is 12.6 Å². The van der Waals surface area contributed by atoms with E-state index in [4.69, 9.17) is 9.47 Å². The monoisotopic (exact) mass is 134 g/mol. The maximum Gasteiger partial charge on any atom is 0.166 e. The van der Waals surface area contributed by atoms with Crippen LogP contribution in [0.3, 0.4) is 0 Å². The van der Waals surface area contributed by atoms with Gasteiger partial charge in [0.25, 0.3) is 0 Å². The molecule has 0 saturated carbocycles. The van der Waals surface area contributed by atoms with Gasteiger partial charge in [-0.1, -0.05) is 0 Å². The minimum atomic E-state index is -0.0617. The van der Waals surface area contributed by atoms with Crippen LogP contribution in [-0.2, 0) is 9.47 Å². The van der Waals surface area contributed by atoms with E-state index in [1.54, 1.807) is 0 Å². The molecule has 0 N–H and O–H groups in total. The molecule has 0 aromatic heterocycles. The average Bonchev–Trinajstić information content (AvgIpc) is 2.14. The van der Waals surface area contributed by atoms with Gasteiger partial charge in [-0.25, -0.2) is 0 Å². The van der Waals surface area contributed by atoms with Crippen molar-refractivity contribution in [3.05, 3.63) is 0 Å². The zero-order valence-corrected chi connectivity index (χ0v) is 5.73. The third-order valence-electron chi connectivity index (χ3n) is 1.05. The Morgan fingerprint density at radius 2 is 2.50 bits per heavy atom. The zero-order chi connectivity index (χ0) is 5.98. The molecule has 0 aromatic rings. The van der Waals surface area contributed by atoms with Crippen LogP contribution in [0.1, 0.15) is 6.92 Å².